The average Bonchev–Trinajstić information content (AvgIpc) is 2.42. The monoisotopic (exact) mass is 278 g/mol. The van der Waals surface area contributed by atoms with Crippen molar-refractivity contribution >= 4 is 23.6 Å². The standard InChI is InChI=1S/C12H14N4O4/c1-7(17)13-15-11(19)9-3-5-10(6-4-9)12(20)16-14-8(2)18/h3-6H,1-2H3,(H,13,17)(H,14,18)(H,15,19)(H,16,20). The third kappa shape index (κ3) is 4.77. The van der Waals surface area contributed by atoms with Crippen molar-refractivity contribution in [1.29, 1.82) is 0 Å². The van der Waals surface area contributed by atoms with Crippen LogP contribution in [0.2, 0.25) is 0 Å². The molecule has 0 atom stereocenters. The lowest BCUT2D eigenvalue weighted by atomic mass is 10.1. The van der Waals surface area contributed by atoms with E-state index >= 15 is 0 Å². The maximum absolute atomic E-state index is 11.6. The van der Waals surface area contributed by atoms with Crippen LogP contribution in [0, 0.1) is 0 Å². The number of carbonyl (C=O) groups excluding carboxylic acids is 4. The number of carbonyl (C=O) groups is 4. The van der Waals surface area contributed by atoms with Crippen LogP contribution in [0.5, 0.6) is 0 Å². The molecule has 0 saturated carbocycles. The number of hydrogen-bond donors (Lipinski definition) is 4. The first-order valence-electron chi connectivity index (χ1n) is 5.64. The zero-order valence-electron chi connectivity index (χ0n) is 10.9. The summed E-state index contributed by atoms with van der Waals surface area (Å²) >= 11 is 0. The van der Waals surface area contributed by atoms with Crippen LogP contribution < -0.4 is 21.7 Å². The molecule has 0 aromatic heterocycles. The van der Waals surface area contributed by atoms with Gasteiger partial charge in [-0.25, -0.2) is 0 Å². The molecule has 0 fully saturated rings. The molecule has 4 amide bonds. The van der Waals surface area contributed by atoms with E-state index in [1.807, 2.05) is 0 Å². The quantitative estimate of drug-likeness (QED) is 0.532. The van der Waals surface area contributed by atoms with Gasteiger partial charge in [-0.15, -0.1) is 0 Å². The van der Waals surface area contributed by atoms with Crippen molar-refractivity contribution in [2.45, 2.75) is 13.8 Å². The van der Waals surface area contributed by atoms with Gasteiger partial charge in [0.25, 0.3) is 11.8 Å². The summed E-state index contributed by atoms with van der Waals surface area (Å²) in [5.41, 5.74) is 9.23. The molecule has 1 aromatic rings. The Bertz CT molecular complexity index is 490. The van der Waals surface area contributed by atoms with Crippen LogP contribution in [-0.2, 0) is 9.59 Å². The van der Waals surface area contributed by atoms with E-state index in [4.69, 9.17) is 0 Å². The van der Waals surface area contributed by atoms with Crippen LogP contribution >= 0.6 is 0 Å². The SMILES string of the molecule is CC(=O)NNC(=O)c1ccc(C(=O)NNC(C)=O)cc1. The number of rotatable bonds is 2. The molecule has 20 heavy (non-hydrogen) atoms. The van der Waals surface area contributed by atoms with E-state index in [-0.39, 0.29) is 11.1 Å². The van der Waals surface area contributed by atoms with Crippen LogP contribution in [0.25, 0.3) is 0 Å². The minimum atomic E-state index is -0.506. The van der Waals surface area contributed by atoms with E-state index in [2.05, 4.69) is 21.7 Å². The number of hydrogen-bond acceptors (Lipinski definition) is 4. The summed E-state index contributed by atoms with van der Waals surface area (Å²) in [5, 5.41) is 0. The number of nitrogens with one attached hydrogen (secondary N) is 4. The Kier molecular flexibility index (Phi) is 5.21. The number of benzene rings is 1. The Labute approximate surface area is 114 Å². The Balaban J connectivity index is 2.63. The Morgan fingerprint density at radius 3 is 1.20 bits per heavy atom. The predicted molar refractivity (Wildman–Crippen MR) is 69.0 cm³/mol. The summed E-state index contributed by atoms with van der Waals surface area (Å²) in [6, 6.07) is 5.67. The largest absolute Gasteiger partial charge is 0.274 e. The van der Waals surface area contributed by atoms with Crippen molar-refractivity contribution < 1.29 is 19.2 Å². The van der Waals surface area contributed by atoms with Crippen LogP contribution in [-0.4, -0.2) is 23.6 Å². The highest BCUT2D eigenvalue weighted by atomic mass is 16.2. The van der Waals surface area contributed by atoms with Crippen molar-refractivity contribution in [2.75, 3.05) is 0 Å². The molecule has 0 bridgehead atoms. The van der Waals surface area contributed by atoms with Crippen LogP contribution in [0.15, 0.2) is 24.3 Å². The van der Waals surface area contributed by atoms with E-state index in [0.29, 0.717) is 0 Å². The van der Waals surface area contributed by atoms with Crippen LogP contribution in [0.3, 0.4) is 0 Å². The van der Waals surface area contributed by atoms with Gasteiger partial charge in [0.1, 0.15) is 0 Å². The van der Waals surface area contributed by atoms with Crippen LogP contribution in [0.1, 0.15) is 34.6 Å². The van der Waals surface area contributed by atoms with Crippen molar-refractivity contribution in [2.24, 2.45) is 0 Å². The highest BCUT2D eigenvalue weighted by molar-refractivity contribution is 5.98. The Hall–Kier alpha value is -2.90. The van der Waals surface area contributed by atoms with Gasteiger partial charge in [-0.3, -0.25) is 40.9 Å². The first-order chi connectivity index (χ1) is 9.40. The fourth-order valence-corrected chi connectivity index (χ4v) is 1.21. The second-order valence-corrected chi connectivity index (χ2v) is 3.85. The predicted octanol–water partition coefficient (Wildman–Crippen LogP) is -0.752. The summed E-state index contributed by atoms with van der Waals surface area (Å²) in [6.45, 7) is 2.52. The molecule has 4 N–H and O–H groups in total. The van der Waals surface area contributed by atoms with Crippen molar-refractivity contribution in [3.63, 3.8) is 0 Å². The van der Waals surface area contributed by atoms with Gasteiger partial charge < -0.3 is 0 Å². The highest BCUT2D eigenvalue weighted by Crippen LogP contribution is 2.04. The van der Waals surface area contributed by atoms with Gasteiger partial charge in [0, 0.05) is 25.0 Å². The van der Waals surface area contributed by atoms with Crippen molar-refractivity contribution in [3.8, 4) is 0 Å². The molecule has 1 rings (SSSR count). The summed E-state index contributed by atoms with van der Waals surface area (Å²) in [4.78, 5) is 44.4. The number of hydrazine groups is 2. The van der Waals surface area contributed by atoms with Gasteiger partial charge in [0.05, 0.1) is 0 Å². The van der Waals surface area contributed by atoms with E-state index < -0.39 is 23.6 Å². The molecule has 8 heteroatoms. The van der Waals surface area contributed by atoms with Gasteiger partial charge in [-0.2, -0.15) is 0 Å². The lowest BCUT2D eigenvalue weighted by Crippen LogP contribution is -2.41. The fourth-order valence-electron chi connectivity index (χ4n) is 1.21. The summed E-state index contributed by atoms with van der Waals surface area (Å²) < 4.78 is 0. The summed E-state index contributed by atoms with van der Waals surface area (Å²) in [6.07, 6.45) is 0. The van der Waals surface area contributed by atoms with Crippen molar-refractivity contribution in [3.05, 3.63) is 35.4 Å². The minimum absolute atomic E-state index is 0.273. The topological polar surface area (TPSA) is 116 Å². The molecule has 0 saturated heterocycles. The minimum Gasteiger partial charge on any atom is -0.274 e. The first kappa shape index (κ1) is 15.2. The fraction of sp³-hybridized carbons (Fsp3) is 0.167. The molecule has 0 unspecified atom stereocenters. The molecule has 0 aliphatic carbocycles. The van der Waals surface area contributed by atoms with E-state index in [1.165, 1.54) is 38.1 Å². The van der Waals surface area contributed by atoms with Crippen molar-refractivity contribution in [1.82, 2.24) is 21.7 Å². The second kappa shape index (κ2) is 6.88. The van der Waals surface area contributed by atoms with Gasteiger partial charge in [-0.05, 0) is 24.3 Å². The maximum atomic E-state index is 11.6. The number of amides is 4. The molecule has 0 radical (unpaired) electrons. The lowest BCUT2D eigenvalue weighted by molar-refractivity contribution is -0.120. The van der Waals surface area contributed by atoms with E-state index in [1.54, 1.807) is 0 Å². The molecule has 0 spiro atoms. The summed E-state index contributed by atoms with van der Waals surface area (Å²) in [5.74, 6) is -1.81. The highest BCUT2D eigenvalue weighted by Gasteiger charge is 2.09. The Morgan fingerprint density at radius 1 is 0.650 bits per heavy atom. The zero-order chi connectivity index (χ0) is 15.1. The smallest absolute Gasteiger partial charge is 0.269 e. The third-order valence-electron chi connectivity index (χ3n) is 2.11. The van der Waals surface area contributed by atoms with Gasteiger partial charge >= 0.3 is 0 Å². The van der Waals surface area contributed by atoms with Gasteiger partial charge in [0.15, 0.2) is 0 Å². The Morgan fingerprint density at radius 2 is 0.950 bits per heavy atom. The molecule has 0 heterocycles. The lowest BCUT2D eigenvalue weighted by Gasteiger charge is -2.07. The van der Waals surface area contributed by atoms with E-state index in [0.717, 1.165) is 0 Å². The molecular weight excluding hydrogens is 264 g/mol. The van der Waals surface area contributed by atoms with Gasteiger partial charge in [-0.1, -0.05) is 0 Å². The third-order valence-corrected chi connectivity index (χ3v) is 2.11. The second-order valence-electron chi connectivity index (χ2n) is 3.85. The van der Waals surface area contributed by atoms with Crippen LogP contribution in [0.4, 0.5) is 0 Å². The maximum Gasteiger partial charge on any atom is 0.269 e. The molecule has 8 nitrogen and oxygen atoms in total. The normalized spacial score (nSPS) is 9.30. The molecule has 0 aliphatic heterocycles. The average molecular weight is 278 g/mol. The molecule has 0 aliphatic rings. The first-order valence-corrected chi connectivity index (χ1v) is 5.64. The molecular formula is C12H14N4O4. The van der Waals surface area contributed by atoms with Gasteiger partial charge in [0.2, 0.25) is 11.8 Å². The molecule has 1 aromatic carbocycles. The summed E-state index contributed by atoms with van der Waals surface area (Å²) in [7, 11) is 0. The molecule has 106 valence electrons. The van der Waals surface area contributed by atoms with E-state index in [9.17, 15) is 19.2 Å². The zero-order valence-corrected chi connectivity index (χ0v) is 10.9.